The quantitative estimate of drug-likeness (QED) is 0.810. The second-order valence-electron chi connectivity index (χ2n) is 4.35. The van der Waals surface area contributed by atoms with Gasteiger partial charge in [0.15, 0.2) is 0 Å². The average molecular weight is 274 g/mol. The number of rotatable bonds is 6. The Hall–Kier alpha value is -2.30. The van der Waals surface area contributed by atoms with E-state index in [0.717, 1.165) is 6.42 Å². The molecule has 0 amide bonds. The van der Waals surface area contributed by atoms with Crippen LogP contribution in [0.2, 0.25) is 0 Å². The molecule has 106 valence electrons. The van der Waals surface area contributed by atoms with Crippen LogP contribution in [0.4, 0.5) is 0 Å². The summed E-state index contributed by atoms with van der Waals surface area (Å²) in [5.74, 6) is 0.831. The molecule has 1 atom stereocenters. The van der Waals surface area contributed by atoms with E-state index in [1.165, 1.54) is 5.56 Å². The largest absolute Gasteiger partial charge is 0.481 e. The maximum atomic E-state index is 5.72. The van der Waals surface area contributed by atoms with Crippen molar-refractivity contribution >= 4 is 0 Å². The normalized spacial score (nSPS) is 11.8. The van der Waals surface area contributed by atoms with Gasteiger partial charge < -0.3 is 14.2 Å². The van der Waals surface area contributed by atoms with Gasteiger partial charge in [-0.25, -0.2) is 0 Å². The van der Waals surface area contributed by atoms with E-state index in [2.05, 4.69) is 22.1 Å². The van der Waals surface area contributed by atoms with Crippen molar-refractivity contribution in [1.82, 2.24) is 9.97 Å². The number of hydrogen-bond acceptors (Lipinski definition) is 5. The van der Waals surface area contributed by atoms with E-state index in [1.807, 2.05) is 25.1 Å². The van der Waals surface area contributed by atoms with E-state index in [-0.39, 0.29) is 12.1 Å². The molecule has 0 saturated carbocycles. The van der Waals surface area contributed by atoms with Crippen molar-refractivity contribution in [2.45, 2.75) is 19.4 Å². The summed E-state index contributed by atoms with van der Waals surface area (Å²) in [4.78, 5) is 8.29. The Morgan fingerprint density at radius 1 is 1.00 bits per heavy atom. The molecule has 2 aromatic rings. The molecular weight excluding hydrogens is 256 g/mol. The van der Waals surface area contributed by atoms with E-state index in [9.17, 15) is 0 Å². The SMILES string of the molecule is COc1cc(OC)nc(OC(C)Cc2ccccc2)n1. The summed E-state index contributed by atoms with van der Waals surface area (Å²) in [5.41, 5.74) is 1.20. The first-order valence-corrected chi connectivity index (χ1v) is 6.39. The highest BCUT2D eigenvalue weighted by atomic mass is 16.5. The lowest BCUT2D eigenvalue weighted by atomic mass is 10.1. The molecule has 0 aliphatic carbocycles. The molecule has 0 aliphatic heterocycles. The molecule has 0 N–H and O–H groups in total. The Kier molecular flexibility index (Phi) is 4.76. The third-order valence-electron chi connectivity index (χ3n) is 2.75. The maximum absolute atomic E-state index is 5.72. The molecule has 0 fully saturated rings. The van der Waals surface area contributed by atoms with Gasteiger partial charge in [0.1, 0.15) is 6.10 Å². The molecular formula is C15H18N2O3. The molecule has 1 aromatic carbocycles. The summed E-state index contributed by atoms with van der Waals surface area (Å²) < 4.78 is 15.9. The van der Waals surface area contributed by atoms with Gasteiger partial charge in [-0.3, -0.25) is 0 Å². The first kappa shape index (κ1) is 14.1. The fourth-order valence-corrected chi connectivity index (χ4v) is 1.81. The summed E-state index contributed by atoms with van der Waals surface area (Å²) in [6, 6.07) is 12.0. The van der Waals surface area contributed by atoms with Crippen molar-refractivity contribution in [1.29, 1.82) is 0 Å². The van der Waals surface area contributed by atoms with Gasteiger partial charge >= 0.3 is 6.01 Å². The zero-order chi connectivity index (χ0) is 14.4. The molecule has 20 heavy (non-hydrogen) atoms. The second kappa shape index (κ2) is 6.75. The highest BCUT2D eigenvalue weighted by Gasteiger charge is 2.11. The smallest absolute Gasteiger partial charge is 0.323 e. The van der Waals surface area contributed by atoms with Crippen LogP contribution in [0, 0.1) is 0 Å². The van der Waals surface area contributed by atoms with Crippen molar-refractivity contribution in [2.24, 2.45) is 0 Å². The van der Waals surface area contributed by atoms with Gasteiger partial charge in [0, 0.05) is 6.42 Å². The molecule has 5 heteroatoms. The van der Waals surface area contributed by atoms with Crippen LogP contribution in [0.1, 0.15) is 12.5 Å². The van der Waals surface area contributed by atoms with E-state index >= 15 is 0 Å². The van der Waals surface area contributed by atoms with E-state index in [1.54, 1.807) is 20.3 Å². The summed E-state index contributed by atoms with van der Waals surface area (Å²) >= 11 is 0. The zero-order valence-corrected chi connectivity index (χ0v) is 11.9. The average Bonchev–Trinajstić information content (AvgIpc) is 2.47. The number of ether oxygens (including phenoxy) is 3. The van der Waals surface area contributed by atoms with Crippen molar-refractivity contribution in [3.63, 3.8) is 0 Å². The summed E-state index contributed by atoms with van der Waals surface area (Å²) in [7, 11) is 3.08. The van der Waals surface area contributed by atoms with Crippen LogP contribution in [-0.2, 0) is 6.42 Å². The van der Waals surface area contributed by atoms with Crippen LogP contribution in [0.25, 0.3) is 0 Å². The van der Waals surface area contributed by atoms with Gasteiger partial charge in [0.25, 0.3) is 0 Å². The van der Waals surface area contributed by atoms with Crippen molar-refractivity contribution in [3.8, 4) is 17.8 Å². The topological polar surface area (TPSA) is 53.5 Å². The van der Waals surface area contributed by atoms with Gasteiger partial charge in [0.2, 0.25) is 11.8 Å². The Morgan fingerprint density at radius 3 is 2.15 bits per heavy atom. The third kappa shape index (κ3) is 3.85. The predicted molar refractivity (Wildman–Crippen MR) is 75.4 cm³/mol. The van der Waals surface area contributed by atoms with Crippen LogP contribution in [0.5, 0.6) is 17.8 Å². The molecule has 5 nitrogen and oxygen atoms in total. The summed E-state index contributed by atoms with van der Waals surface area (Å²) in [5, 5.41) is 0. The number of hydrogen-bond donors (Lipinski definition) is 0. The van der Waals surface area contributed by atoms with Crippen LogP contribution in [0.3, 0.4) is 0 Å². The molecule has 0 spiro atoms. The first-order valence-electron chi connectivity index (χ1n) is 6.39. The van der Waals surface area contributed by atoms with Gasteiger partial charge in [-0.1, -0.05) is 30.3 Å². The minimum Gasteiger partial charge on any atom is -0.481 e. The van der Waals surface area contributed by atoms with Crippen molar-refractivity contribution in [3.05, 3.63) is 42.0 Å². The van der Waals surface area contributed by atoms with E-state index in [4.69, 9.17) is 14.2 Å². The minimum atomic E-state index is -0.0470. The Labute approximate surface area is 118 Å². The Balaban J connectivity index is 2.05. The van der Waals surface area contributed by atoms with Gasteiger partial charge in [-0.05, 0) is 12.5 Å². The van der Waals surface area contributed by atoms with E-state index in [0.29, 0.717) is 11.8 Å². The molecule has 0 radical (unpaired) electrons. The van der Waals surface area contributed by atoms with Crippen LogP contribution < -0.4 is 14.2 Å². The summed E-state index contributed by atoms with van der Waals surface area (Å²) in [6.07, 6.45) is 0.734. The maximum Gasteiger partial charge on any atom is 0.323 e. The Morgan fingerprint density at radius 2 is 1.60 bits per heavy atom. The van der Waals surface area contributed by atoms with Crippen LogP contribution >= 0.6 is 0 Å². The third-order valence-corrected chi connectivity index (χ3v) is 2.75. The fraction of sp³-hybridized carbons (Fsp3) is 0.333. The molecule has 1 unspecified atom stereocenters. The molecule has 1 aromatic heterocycles. The van der Waals surface area contributed by atoms with Crippen LogP contribution in [-0.4, -0.2) is 30.3 Å². The monoisotopic (exact) mass is 274 g/mol. The highest BCUT2D eigenvalue weighted by Crippen LogP contribution is 2.20. The lowest BCUT2D eigenvalue weighted by molar-refractivity contribution is 0.197. The van der Waals surface area contributed by atoms with Crippen LogP contribution in [0.15, 0.2) is 36.4 Å². The van der Waals surface area contributed by atoms with Gasteiger partial charge in [-0.2, -0.15) is 9.97 Å². The second-order valence-corrected chi connectivity index (χ2v) is 4.35. The molecule has 2 rings (SSSR count). The zero-order valence-electron chi connectivity index (χ0n) is 11.9. The lowest BCUT2D eigenvalue weighted by Gasteiger charge is -2.14. The minimum absolute atomic E-state index is 0.0470. The number of benzene rings is 1. The molecule has 0 aliphatic rings. The highest BCUT2D eigenvalue weighted by molar-refractivity contribution is 5.23. The Bertz CT molecular complexity index is 524. The summed E-state index contributed by atoms with van der Waals surface area (Å²) in [6.45, 7) is 1.97. The number of nitrogens with zero attached hydrogens (tertiary/aromatic N) is 2. The van der Waals surface area contributed by atoms with E-state index < -0.39 is 0 Å². The van der Waals surface area contributed by atoms with Gasteiger partial charge in [-0.15, -0.1) is 0 Å². The standard InChI is InChI=1S/C15H18N2O3/c1-11(9-12-7-5-4-6-8-12)20-15-16-13(18-2)10-14(17-15)19-3/h4-8,10-11H,9H2,1-3H3. The molecule has 0 saturated heterocycles. The molecule has 0 bridgehead atoms. The van der Waals surface area contributed by atoms with Gasteiger partial charge in [0.05, 0.1) is 20.3 Å². The fourth-order valence-electron chi connectivity index (χ4n) is 1.81. The number of aromatic nitrogens is 2. The van der Waals surface area contributed by atoms with Crippen molar-refractivity contribution < 1.29 is 14.2 Å². The predicted octanol–water partition coefficient (Wildman–Crippen LogP) is 2.50. The van der Waals surface area contributed by atoms with Crippen molar-refractivity contribution in [2.75, 3.05) is 14.2 Å². The molecule has 1 heterocycles. The first-order chi connectivity index (χ1) is 9.71. The lowest BCUT2D eigenvalue weighted by Crippen LogP contribution is -2.16. The number of methoxy groups -OCH3 is 2.